The Labute approximate surface area is 374 Å². The molecule has 5 aromatic rings. The summed E-state index contributed by atoms with van der Waals surface area (Å²) in [6.45, 7) is 2.94. The second-order valence-electron chi connectivity index (χ2n) is 15.6. The van der Waals surface area contributed by atoms with Crippen molar-refractivity contribution in [2.45, 2.75) is 42.7 Å². The average Bonchev–Trinajstić information content (AvgIpc) is 3.79. The van der Waals surface area contributed by atoms with Gasteiger partial charge in [-0.1, -0.05) is 90.7 Å². The van der Waals surface area contributed by atoms with Gasteiger partial charge in [-0.2, -0.15) is 0 Å². The number of carbonyl (C=O) groups is 4. The molecule has 65 heavy (non-hydrogen) atoms. The van der Waals surface area contributed by atoms with Gasteiger partial charge >= 0.3 is 12.1 Å². The molecule has 15 heteroatoms. The molecule has 5 aromatic carbocycles. The average molecular weight is 877 g/mol. The van der Waals surface area contributed by atoms with E-state index in [2.05, 4.69) is 23.7 Å². The number of benzene rings is 5. The van der Waals surface area contributed by atoms with Crippen LogP contribution < -0.4 is 15.0 Å². The Balaban J connectivity index is 1.40. The van der Waals surface area contributed by atoms with Crippen LogP contribution in [0.4, 0.5) is 16.2 Å². The van der Waals surface area contributed by atoms with Crippen LogP contribution >= 0.6 is 0 Å². The van der Waals surface area contributed by atoms with Crippen LogP contribution in [0.3, 0.4) is 0 Å². The first-order valence-corrected chi connectivity index (χ1v) is 20.9. The number of morpholine rings is 1. The highest BCUT2D eigenvalue weighted by Crippen LogP contribution is 2.66. The number of hydrogen-bond acceptors (Lipinski definition) is 12. The molecule has 0 aromatic heterocycles. The van der Waals surface area contributed by atoms with Gasteiger partial charge in [0.2, 0.25) is 11.8 Å². The van der Waals surface area contributed by atoms with E-state index in [1.54, 1.807) is 36.4 Å². The highest BCUT2D eigenvalue weighted by Gasteiger charge is 2.75. The number of esters is 1. The molecule has 0 bridgehead atoms. The topological polar surface area (TPSA) is 198 Å². The summed E-state index contributed by atoms with van der Waals surface area (Å²) >= 11 is 0. The summed E-state index contributed by atoms with van der Waals surface area (Å²) in [5.41, 5.74) is 0.685. The molecule has 3 heterocycles. The van der Waals surface area contributed by atoms with Crippen molar-refractivity contribution in [3.05, 3.63) is 184 Å². The molecule has 3 amide bonds. The fourth-order valence-corrected chi connectivity index (χ4v) is 9.30. The Hall–Kier alpha value is -7.64. The van der Waals surface area contributed by atoms with Crippen LogP contribution in [0.15, 0.2) is 140 Å². The van der Waals surface area contributed by atoms with Crippen molar-refractivity contribution < 1.29 is 48.5 Å². The third-order valence-electron chi connectivity index (χ3n) is 11.9. The number of nitro benzene ring substituents is 1. The van der Waals surface area contributed by atoms with Crippen LogP contribution in [0.1, 0.15) is 58.0 Å². The van der Waals surface area contributed by atoms with Gasteiger partial charge in [0.15, 0.2) is 0 Å². The molecular formula is C50H44N4O11. The lowest BCUT2D eigenvalue weighted by molar-refractivity contribution is -0.384. The number of nitrogens with zero attached hydrogens (tertiary/aromatic N) is 3. The molecule has 0 aliphatic carbocycles. The maximum atomic E-state index is 16.2. The number of fused-ring (bicyclic) bond motifs is 3. The molecule has 0 saturated carbocycles. The highest BCUT2D eigenvalue weighted by atomic mass is 16.6. The number of carbonyl (C=O) groups excluding carboxylic acids is 4. The molecule has 0 unspecified atom stereocenters. The fourth-order valence-electron chi connectivity index (χ4n) is 9.30. The molecule has 0 radical (unpaired) electrons. The largest absolute Gasteiger partial charge is 0.491 e. The molecule has 3 aliphatic heterocycles. The van der Waals surface area contributed by atoms with E-state index in [1.807, 2.05) is 65.6 Å². The summed E-state index contributed by atoms with van der Waals surface area (Å²) in [5.74, 6) is 2.46. The van der Waals surface area contributed by atoms with Crippen LogP contribution in [-0.2, 0) is 35.9 Å². The second-order valence-corrected chi connectivity index (χ2v) is 15.6. The number of cyclic esters (lactones) is 1. The SMILES string of the molecule is C=CCNC(=O)[C@@H]1[C@H]2C(=O)O[C@H](c3ccccc3)[C@H](c3ccccc3)N2[C@H](c2ccc(OCCO)cc2)[C@@]12C(=O)N(C(=O)OCc1ccc([N+](=O)[O-])cc1)c1ccc(C#CCCO)cc12. The lowest BCUT2D eigenvalue weighted by atomic mass is 9.65. The lowest BCUT2D eigenvalue weighted by Crippen LogP contribution is -2.55. The maximum absolute atomic E-state index is 16.2. The van der Waals surface area contributed by atoms with Crippen LogP contribution in [0.2, 0.25) is 0 Å². The number of non-ortho nitro benzene ring substituents is 1. The molecule has 330 valence electrons. The zero-order chi connectivity index (χ0) is 45.7. The first-order chi connectivity index (χ1) is 31.6. The quantitative estimate of drug-likeness (QED) is 0.0411. The van der Waals surface area contributed by atoms with Crippen molar-refractivity contribution in [3.63, 3.8) is 0 Å². The number of aliphatic hydroxyl groups is 2. The molecule has 2 fully saturated rings. The van der Waals surface area contributed by atoms with Gasteiger partial charge in [0, 0.05) is 30.7 Å². The zero-order valence-corrected chi connectivity index (χ0v) is 34.9. The molecule has 3 aliphatic rings. The van der Waals surface area contributed by atoms with Gasteiger partial charge in [0.25, 0.3) is 5.69 Å². The number of anilines is 1. The number of imide groups is 1. The van der Waals surface area contributed by atoms with Crippen molar-refractivity contribution >= 4 is 35.3 Å². The van der Waals surface area contributed by atoms with Gasteiger partial charge < -0.3 is 29.7 Å². The van der Waals surface area contributed by atoms with Gasteiger partial charge in [0.05, 0.1) is 41.8 Å². The standard InChI is InChI=1S/C50H44N4O11/c1-2-26-51-46(57)41-43-47(58)65-44(35-14-7-4-8-15-35)42(34-12-5-3-6-13-34)53(43)45(36-19-23-38(24-20-36)63-29-28-56)50(41)39-30-32(11-9-10-27-55)18-25-40(39)52(48(50)59)49(60)64-31-33-16-21-37(22-17-33)54(61)62/h2-8,12-25,30,41-45,55-56H,1,10,26-29,31H2,(H,51,57)/t41-,42-,43-,44+,45+,50-/m0/s1. The molecule has 2 saturated heterocycles. The van der Waals surface area contributed by atoms with E-state index in [0.29, 0.717) is 33.6 Å². The van der Waals surface area contributed by atoms with E-state index in [9.17, 15) is 25.1 Å². The molecular weight excluding hydrogens is 833 g/mol. The second kappa shape index (κ2) is 19.0. The molecule has 1 spiro atoms. The summed E-state index contributed by atoms with van der Waals surface area (Å²) in [6, 6.07) is 32.0. The van der Waals surface area contributed by atoms with E-state index >= 15 is 14.4 Å². The van der Waals surface area contributed by atoms with Gasteiger partial charge in [-0.15, -0.1) is 6.58 Å². The molecule has 6 atom stereocenters. The van der Waals surface area contributed by atoms with Gasteiger partial charge in [-0.3, -0.25) is 29.4 Å². The highest BCUT2D eigenvalue weighted by molar-refractivity contribution is 6.23. The first-order valence-electron chi connectivity index (χ1n) is 20.9. The van der Waals surface area contributed by atoms with E-state index in [0.717, 1.165) is 4.90 Å². The smallest absolute Gasteiger partial charge is 0.421 e. The van der Waals surface area contributed by atoms with Crippen molar-refractivity contribution in [1.82, 2.24) is 10.2 Å². The summed E-state index contributed by atoms with van der Waals surface area (Å²) in [5, 5.41) is 33.3. The first kappa shape index (κ1) is 44.0. The number of ether oxygens (including phenoxy) is 3. The van der Waals surface area contributed by atoms with Gasteiger partial charge in [0.1, 0.15) is 36.5 Å². The third kappa shape index (κ3) is 8.10. The Morgan fingerprint density at radius 3 is 2.22 bits per heavy atom. The number of nitrogens with one attached hydrogen (secondary N) is 1. The van der Waals surface area contributed by atoms with E-state index in [1.165, 1.54) is 36.4 Å². The summed E-state index contributed by atoms with van der Waals surface area (Å²) in [4.78, 5) is 74.6. The van der Waals surface area contributed by atoms with Gasteiger partial charge in [-0.05, 0) is 70.3 Å². The maximum Gasteiger partial charge on any atom is 0.421 e. The lowest BCUT2D eigenvalue weighted by Gasteiger charge is -2.46. The number of nitro groups is 1. The normalized spacial score (nSPS) is 21.9. The third-order valence-corrected chi connectivity index (χ3v) is 11.9. The Morgan fingerprint density at radius 1 is 0.877 bits per heavy atom. The Bertz CT molecular complexity index is 2670. The number of rotatable bonds is 13. The molecule has 8 rings (SSSR count). The number of aliphatic hydroxyl groups excluding tert-OH is 2. The summed E-state index contributed by atoms with van der Waals surface area (Å²) < 4.78 is 18.0. The van der Waals surface area contributed by atoms with Crippen molar-refractivity contribution in [3.8, 4) is 17.6 Å². The molecule has 3 N–H and O–H groups in total. The monoisotopic (exact) mass is 876 g/mol. The minimum Gasteiger partial charge on any atom is -0.491 e. The van der Waals surface area contributed by atoms with Gasteiger partial charge in [-0.25, -0.2) is 9.69 Å². The summed E-state index contributed by atoms with van der Waals surface area (Å²) in [6.07, 6.45) is -0.433. The van der Waals surface area contributed by atoms with E-state index in [4.69, 9.17) is 14.2 Å². The van der Waals surface area contributed by atoms with E-state index < -0.39 is 64.4 Å². The van der Waals surface area contributed by atoms with Crippen LogP contribution in [0.25, 0.3) is 0 Å². The Morgan fingerprint density at radius 2 is 1.57 bits per heavy atom. The number of hydrogen-bond donors (Lipinski definition) is 3. The van der Waals surface area contributed by atoms with Crippen LogP contribution in [0.5, 0.6) is 5.75 Å². The predicted octanol–water partition coefficient (Wildman–Crippen LogP) is 6.00. The van der Waals surface area contributed by atoms with Crippen LogP contribution in [0, 0.1) is 27.9 Å². The number of amides is 3. The fraction of sp³-hybridized carbons (Fsp3) is 0.240. The predicted molar refractivity (Wildman–Crippen MR) is 236 cm³/mol. The van der Waals surface area contributed by atoms with Crippen molar-refractivity contribution in [2.75, 3.05) is 31.3 Å². The Kier molecular flexibility index (Phi) is 12.9. The molecule has 15 nitrogen and oxygen atoms in total. The van der Waals surface area contributed by atoms with E-state index in [-0.39, 0.29) is 56.3 Å². The van der Waals surface area contributed by atoms with Crippen molar-refractivity contribution in [1.29, 1.82) is 0 Å². The van der Waals surface area contributed by atoms with Crippen molar-refractivity contribution in [2.24, 2.45) is 5.92 Å². The van der Waals surface area contributed by atoms with Crippen LogP contribution in [-0.4, -0.2) is 76.3 Å². The zero-order valence-electron chi connectivity index (χ0n) is 34.9. The minimum atomic E-state index is -2.09. The minimum absolute atomic E-state index is 0.00996. The summed E-state index contributed by atoms with van der Waals surface area (Å²) in [7, 11) is 0.